The van der Waals surface area contributed by atoms with Gasteiger partial charge in [0.25, 0.3) is 5.56 Å². The fraction of sp³-hybridized carbons (Fsp3) is 0.368. The Balaban J connectivity index is 1.77. The predicted molar refractivity (Wildman–Crippen MR) is 99.4 cm³/mol. The molecule has 3 aromatic rings. The molecule has 27 heavy (non-hydrogen) atoms. The highest BCUT2D eigenvalue weighted by molar-refractivity contribution is 5.77. The average molecular weight is 364 g/mol. The Labute approximate surface area is 155 Å². The molecule has 4 rings (SSSR count). The van der Waals surface area contributed by atoms with E-state index >= 15 is 0 Å². The lowest BCUT2D eigenvalue weighted by molar-refractivity contribution is 0.0369. The van der Waals surface area contributed by atoms with E-state index in [-0.39, 0.29) is 16.6 Å². The number of morpholine rings is 1. The zero-order valence-electron chi connectivity index (χ0n) is 14.9. The van der Waals surface area contributed by atoms with Crippen LogP contribution in [0.4, 0.5) is 0 Å². The van der Waals surface area contributed by atoms with E-state index in [1.807, 2.05) is 12.1 Å². The molecule has 0 saturated carbocycles. The molecule has 0 aromatic carbocycles. The Morgan fingerprint density at radius 3 is 2.85 bits per heavy atom. The highest BCUT2D eigenvalue weighted by Crippen LogP contribution is 2.10. The number of hydrogen-bond acceptors (Lipinski definition) is 6. The first-order valence-electron chi connectivity index (χ1n) is 8.99. The standard InChI is InChI=1S/C19H20N6O2/c20-13-14-12-15-18(22-16-4-1-2-6-24(16)19(15)26)25(17(14)21)7-3-5-23-8-10-27-11-9-23/h1-2,4,6,12,21H,3,5,7-11H2. The van der Waals surface area contributed by atoms with Crippen molar-refractivity contribution in [3.8, 4) is 6.07 Å². The van der Waals surface area contributed by atoms with Crippen LogP contribution in [-0.2, 0) is 11.3 Å². The molecule has 0 amide bonds. The fourth-order valence-corrected chi connectivity index (χ4v) is 3.47. The van der Waals surface area contributed by atoms with Crippen LogP contribution < -0.4 is 11.0 Å². The van der Waals surface area contributed by atoms with E-state index in [2.05, 4.69) is 9.88 Å². The molecule has 4 heterocycles. The Hall–Kier alpha value is -3.02. The molecule has 8 nitrogen and oxygen atoms in total. The number of rotatable bonds is 4. The quantitative estimate of drug-likeness (QED) is 0.688. The van der Waals surface area contributed by atoms with Gasteiger partial charge in [-0.3, -0.25) is 19.5 Å². The van der Waals surface area contributed by atoms with Gasteiger partial charge in [0.15, 0.2) is 0 Å². The molecule has 0 aliphatic carbocycles. The van der Waals surface area contributed by atoms with Gasteiger partial charge in [-0.2, -0.15) is 5.26 Å². The van der Waals surface area contributed by atoms with E-state index in [1.165, 1.54) is 10.5 Å². The van der Waals surface area contributed by atoms with Gasteiger partial charge in [-0.1, -0.05) is 6.07 Å². The van der Waals surface area contributed by atoms with Gasteiger partial charge in [0.05, 0.1) is 24.2 Å². The first kappa shape index (κ1) is 17.4. The lowest BCUT2D eigenvalue weighted by atomic mass is 10.2. The van der Waals surface area contributed by atoms with E-state index in [9.17, 15) is 10.1 Å². The molecule has 0 unspecified atom stereocenters. The average Bonchev–Trinajstić information content (AvgIpc) is 2.71. The number of ether oxygens (including phenoxy) is 1. The van der Waals surface area contributed by atoms with Gasteiger partial charge in [0, 0.05) is 32.4 Å². The van der Waals surface area contributed by atoms with E-state index in [0.717, 1.165) is 39.3 Å². The molecule has 138 valence electrons. The van der Waals surface area contributed by atoms with E-state index < -0.39 is 0 Å². The summed E-state index contributed by atoms with van der Waals surface area (Å²) < 4.78 is 8.51. The van der Waals surface area contributed by atoms with Crippen molar-refractivity contribution in [2.75, 3.05) is 32.8 Å². The van der Waals surface area contributed by atoms with Crippen LogP contribution in [0, 0.1) is 16.7 Å². The fourth-order valence-electron chi connectivity index (χ4n) is 3.47. The van der Waals surface area contributed by atoms with Gasteiger partial charge < -0.3 is 9.30 Å². The topological polar surface area (TPSA) is 99.4 Å². The minimum atomic E-state index is -0.228. The molecule has 8 heteroatoms. The van der Waals surface area contributed by atoms with Crippen molar-refractivity contribution in [1.82, 2.24) is 18.9 Å². The van der Waals surface area contributed by atoms with Crippen LogP contribution >= 0.6 is 0 Å². The van der Waals surface area contributed by atoms with E-state index in [4.69, 9.17) is 10.1 Å². The maximum absolute atomic E-state index is 12.9. The van der Waals surface area contributed by atoms with E-state index in [0.29, 0.717) is 23.2 Å². The highest BCUT2D eigenvalue weighted by atomic mass is 16.5. The summed E-state index contributed by atoms with van der Waals surface area (Å²) in [4.78, 5) is 19.8. The van der Waals surface area contributed by atoms with Gasteiger partial charge >= 0.3 is 0 Å². The molecule has 3 aromatic heterocycles. The number of pyridine rings is 2. The third-order valence-corrected chi connectivity index (χ3v) is 4.90. The predicted octanol–water partition coefficient (Wildman–Crippen LogP) is 0.723. The number of hydrogen-bond donors (Lipinski definition) is 1. The molecule has 0 atom stereocenters. The normalized spacial score (nSPS) is 15.2. The van der Waals surface area contributed by atoms with Crippen LogP contribution in [0.5, 0.6) is 0 Å². The molecule has 1 fully saturated rings. The molecule has 0 radical (unpaired) electrons. The second-order valence-electron chi connectivity index (χ2n) is 6.56. The zero-order chi connectivity index (χ0) is 18.8. The van der Waals surface area contributed by atoms with Gasteiger partial charge in [0.1, 0.15) is 22.9 Å². The molecule has 1 aliphatic heterocycles. The Morgan fingerprint density at radius 1 is 1.26 bits per heavy atom. The maximum atomic E-state index is 12.9. The maximum Gasteiger partial charge on any atom is 0.267 e. The van der Waals surface area contributed by atoms with Crippen LogP contribution in [0.2, 0.25) is 0 Å². The van der Waals surface area contributed by atoms with Gasteiger partial charge in [-0.25, -0.2) is 4.98 Å². The Bertz CT molecular complexity index is 1150. The molecular formula is C19H20N6O2. The summed E-state index contributed by atoms with van der Waals surface area (Å²) in [6, 6.07) is 8.86. The smallest absolute Gasteiger partial charge is 0.267 e. The second-order valence-corrected chi connectivity index (χ2v) is 6.56. The molecule has 1 N–H and O–H groups in total. The van der Waals surface area contributed by atoms with Crippen LogP contribution in [0.1, 0.15) is 12.0 Å². The van der Waals surface area contributed by atoms with Crippen molar-refractivity contribution in [1.29, 1.82) is 10.7 Å². The monoisotopic (exact) mass is 364 g/mol. The number of fused-ring (bicyclic) bond motifs is 2. The summed E-state index contributed by atoms with van der Waals surface area (Å²) in [6.45, 7) is 4.70. The summed E-state index contributed by atoms with van der Waals surface area (Å²) >= 11 is 0. The highest BCUT2D eigenvalue weighted by Gasteiger charge is 2.14. The van der Waals surface area contributed by atoms with Crippen molar-refractivity contribution in [3.05, 3.63) is 51.9 Å². The van der Waals surface area contributed by atoms with Crippen molar-refractivity contribution < 1.29 is 4.74 Å². The van der Waals surface area contributed by atoms with Gasteiger partial charge in [0.2, 0.25) is 0 Å². The first-order chi connectivity index (χ1) is 13.2. The summed E-state index contributed by atoms with van der Waals surface area (Å²) in [5.74, 6) is 0. The van der Waals surface area contributed by atoms with Crippen molar-refractivity contribution in [2.24, 2.45) is 0 Å². The lowest BCUT2D eigenvalue weighted by Crippen LogP contribution is -2.37. The lowest BCUT2D eigenvalue weighted by Gasteiger charge is -2.26. The van der Waals surface area contributed by atoms with Crippen LogP contribution in [-0.4, -0.2) is 51.7 Å². The summed E-state index contributed by atoms with van der Waals surface area (Å²) in [5, 5.41) is 18.1. The SMILES string of the molecule is N#Cc1cc2c(=O)n3ccccc3nc2n(CCCN2CCOCC2)c1=N. The third kappa shape index (κ3) is 3.23. The van der Waals surface area contributed by atoms with Crippen molar-refractivity contribution in [2.45, 2.75) is 13.0 Å². The third-order valence-electron chi connectivity index (χ3n) is 4.90. The van der Waals surface area contributed by atoms with Crippen LogP contribution in [0.3, 0.4) is 0 Å². The van der Waals surface area contributed by atoms with Crippen LogP contribution in [0.25, 0.3) is 16.7 Å². The number of nitrogens with zero attached hydrogens (tertiary/aromatic N) is 5. The van der Waals surface area contributed by atoms with E-state index in [1.54, 1.807) is 22.9 Å². The van der Waals surface area contributed by atoms with Crippen molar-refractivity contribution >= 4 is 16.7 Å². The van der Waals surface area contributed by atoms with Crippen LogP contribution in [0.15, 0.2) is 35.3 Å². The molecular weight excluding hydrogens is 344 g/mol. The molecule has 1 saturated heterocycles. The molecule has 0 bridgehead atoms. The summed E-state index contributed by atoms with van der Waals surface area (Å²) in [7, 11) is 0. The number of nitrogens with one attached hydrogen (secondary N) is 1. The zero-order valence-corrected chi connectivity index (χ0v) is 14.9. The summed E-state index contributed by atoms with van der Waals surface area (Å²) in [6.07, 6.45) is 2.46. The minimum Gasteiger partial charge on any atom is -0.379 e. The molecule has 1 aliphatic rings. The van der Waals surface area contributed by atoms with Gasteiger partial charge in [-0.05, 0) is 24.6 Å². The second kappa shape index (κ2) is 7.31. The Morgan fingerprint density at radius 2 is 2.07 bits per heavy atom. The number of aryl methyl sites for hydroxylation is 1. The van der Waals surface area contributed by atoms with Crippen molar-refractivity contribution in [3.63, 3.8) is 0 Å². The largest absolute Gasteiger partial charge is 0.379 e. The summed E-state index contributed by atoms with van der Waals surface area (Å²) in [5.41, 5.74) is 1.04. The number of nitriles is 1. The Kier molecular flexibility index (Phi) is 4.71. The minimum absolute atomic E-state index is 0.0964. The molecule has 0 spiro atoms. The first-order valence-corrected chi connectivity index (χ1v) is 8.99. The van der Waals surface area contributed by atoms with Gasteiger partial charge in [-0.15, -0.1) is 0 Å². The number of aromatic nitrogens is 3.